The van der Waals surface area contributed by atoms with Crippen LogP contribution in [-0.2, 0) is 11.3 Å². The molecular formula is C18H17N5O4. The van der Waals surface area contributed by atoms with Crippen molar-refractivity contribution >= 4 is 17.0 Å². The molecule has 2 aliphatic heterocycles. The molecular weight excluding hydrogens is 350 g/mol. The molecule has 0 fully saturated rings. The molecule has 0 saturated carbocycles. The van der Waals surface area contributed by atoms with Crippen molar-refractivity contribution in [1.82, 2.24) is 19.5 Å². The molecule has 4 heterocycles. The van der Waals surface area contributed by atoms with Crippen molar-refractivity contribution in [2.24, 2.45) is 0 Å². The van der Waals surface area contributed by atoms with Crippen LogP contribution in [0.1, 0.15) is 18.2 Å². The van der Waals surface area contributed by atoms with Crippen molar-refractivity contribution in [2.45, 2.75) is 19.2 Å². The van der Waals surface area contributed by atoms with Gasteiger partial charge in [-0.3, -0.25) is 4.57 Å². The van der Waals surface area contributed by atoms with Crippen LogP contribution in [0.4, 0.5) is 5.82 Å². The van der Waals surface area contributed by atoms with Crippen molar-refractivity contribution in [3.63, 3.8) is 0 Å². The van der Waals surface area contributed by atoms with Crippen LogP contribution in [0, 0.1) is 0 Å². The van der Waals surface area contributed by atoms with E-state index in [2.05, 4.69) is 20.3 Å². The van der Waals surface area contributed by atoms with Gasteiger partial charge in [0, 0.05) is 13.0 Å². The number of benzene rings is 1. The Labute approximate surface area is 154 Å². The second-order valence-corrected chi connectivity index (χ2v) is 6.22. The number of imidazole rings is 1. The second kappa shape index (κ2) is 6.44. The Hall–Kier alpha value is -3.33. The minimum atomic E-state index is -0.256. The molecule has 2 aliphatic rings. The summed E-state index contributed by atoms with van der Waals surface area (Å²) in [5, 5.41) is 12.5. The summed E-state index contributed by atoms with van der Waals surface area (Å²) in [6, 6.07) is 5.82. The average Bonchev–Trinajstić information content (AvgIpc) is 3.43. The molecule has 0 radical (unpaired) electrons. The van der Waals surface area contributed by atoms with E-state index in [9.17, 15) is 5.11 Å². The molecule has 3 aromatic rings. The topological polar surface area (TPSA) is 104 Å². The highest BCUT2D eigenvalue weighted by molar-refractivity contribution is 5.82. The van der Waals surface area contributed by atoms with Crippen LogP contribution in [0.5, 0.6) is 11.5 Å². The van der Waals surface area contributed by atoms with Crippen molar-refractivity contribution in [3.05, 3.63) is 48.3 Å². The van der Waals surface area contributed by atoms with Crippen LogP contribution in [0.2, 0.25) is 0 Å². The summed E-state index contributed by atoms with van der Waals surface area (Å²) in [4.78, 5) is 13.1. The van der Waals surface area contributed by atoms with E-state index in [1.807, 2.05) is 28.8 Å². The number of anilines is 1. The number of fused-ring (bicyclic) bond motifs is 2. The fourth-order valence-corrected chi connectivity index (χ4v) is 3.20. The van der Waals surface area contributed by atoms with Gasteiger partial charge in [0.15, 0.2) is 34.7 Å². The number of nitrogens with one attached hydrogen (secondary N) is 1. The first-order valence-electron chi connectivity index (χ1n) is 8.58. The number of hydrogen-bond acceptors (Lipinski definition) is 8. The van der Waals surface area contributed by atoms with Gasteiger partial charge in [-0.05, 0) is 23.8 Å². The molecule has 0 spiro atoms. The molecule has 138 valence electrons. The Kier molecular flexibility index (Phi) is 3.79. The lowest BCUT2D eigenvalue weighted by atomic mass is 10.2. The summed E-state index contributed by atoms with van der Waals surface area (Å²) in [6.07, 6.45) is 5.46. The third kappa shape index (κ3) is 2.81. The molecule has 27 heavy (non-hydrogen) atoms. The summed E-state index contributed by atoms with van der Waals surface area (Å²) < 4.78 is 18.3. The zero-order valence-electron chi connectivity index (χ0n) is 14.3. The van der Waals surface area contributed by atoms with Crippen molar-refractivity contribution in [1.29, 1.82) is 0 Å². The predicted octanol–water partition coefficient (Wildman–Crippen LogP) is 1.96. The van der Waals surface area contributed by atoms with Gasteiger partial charge in [0.2, 0.25) is 6.79 Å². The Morgan fingerprint density at radius 3 is 3.00 bits per heavy atom. The van der Waals surface area contributed by atoms with E-state index < -0.39 is 0 Å². The summed E-state index contributed by atoms with van der Waals surface area (Å²) in [6.45, 7) is 0.707. The molecule has 9 nitrogen and oxygen atoms in total. The molecule has 0 bridgehead atoms. The van der Waals surface area contributed by atoms with E-state index in [1.165, 1.54) is 6.33 Å². The van der Waals surface area contributed by atoms with Crippen molar-refractivity contribution < 1.29 is 19.3 Å². The van der Waals surface area contributed by atoms with Crippen LogP contribution < -0.4 is 14.8 Å². The van der Waals surface area contributed by atoms with Crippen LogP contribution in [-0.4, -0.2) is 38.0 Å². The number of rotatable bonds is 5. The largest absolute Gasteiger partial charge is 0.472 e. The number of hydrogen-bond donors (Lipinski definition) is 2. The van der Waals surface area contributed by atoms with Gasteiger partial charge < -0.3 is 24.6 Å². The van der Waals surface area contributed by atoms with Crippen LogP contribution in [0.15, 0.2) is 42.7 Å². The smallest absolute Gasteiger partial charge is 0.231 e. The molecule has 9 heteroatoms. The maximum Gasteiger partial charge on any atom is 0.231 e. The third-order valence-corrected chi connectivity index (χ3v) is 4.56. The minimum Gasteiger partial charge on any atom is -0.472 e. The summed E-state index contributed by atoms with van der Waals surface area (Å²) in [5.41, 5.74) is 2.39. The van der Waals surface area contributed by atoms with E-state index in [0.29, 0.717) is 35.7 Å². The molecule has 1 atom stereocenters. The lowest BCUT2D eigenvalue weighted by molar-refractivity contribution is 0.0656. The van der Waals surface area contributed by atoms with Gasteiger partial charge in [0.05, 0.1) is 0 Å². The van der Waals surface area contributed by atoms with Gasteiger partial charge in [0.1, 0.15) is 25.0 Å². The summed E-state index contributed by atoms with van der Waals surface area (Å²) in [7, 11) is 0. The third-order valence-electron chi connectivity index (χ3n) is 4.56. The quantitative estimate of drug-likeness (QED) is 0.705. The minimum absolute atomic E-state index is 0.111. The molecule has 5 rings (SSSR count). The molecule has 0 unspecified atom stereocenters. The Morgan fingerprint density at radius 2 is 2.11 bits per heavy atom. The van der Waals surface area contributed by atoms with Gasteiger partial charge >= 0.3 is 0 Å². The van der Waals surface area contributed by atoms with Crippen molar-refractivity contribution in [2.75, 3.05) is 18.7 Å². The maximum absolute atomic E-state index is 9.20. The molecule has 0 amide bonds. The second-order valence-electron chi connectivity index (χ2n) is 6.22. The van der Waals surface area contributed by atoms with Crippen LogP contribution in [0.3, 0.4) is 0 Å². The number of aliphatic hydroxyl groups excluding tert-OH is 1. The van der Waals surface area contributed by atoms with Crippen LogP contribution >= 0.6 is 0 Å². The molecule has 0 aliphatic carbocycles. The first-order chi connectivity index (χ1) is 13.3. The molecule has 1 aromatic carbocycles. The lowest BCUT2D eigenvalue weighted by Gasteiger charge is -2.14. The number of aromatic nitrogens is 4. The molecule has 0 saturated heterocycles. The Bertz CT molecular complexity index is 1030. The van der Waals surface area contributed by atoms with Gasteiger partial charge in [-0.25, -0.2) is 15.0 Å². The number of nitrogens with zero attached hydrogens (tertiary/aromatic N) is 4. The number of aliphatic hydroxyl groups is 1. The van der Waals surface area contributed by atoms with Gasteiger partial charge in [0.25, 0.3) is 0 Å². The normalized spacial score (nSPS) is 17.8. The standard InChI is InChI=1S/C18H17N5O4/c24-7-12-2-4-15(27-12)23-9-22-16-17(20-8-21-18(16)23)19-6-11-1-3-13-14(5-11)26-10-25-13/h1-3,5,8-9,15,24H,4,6-7,10H2,(H,19,20,21)/t15-/m1/s1. The van der Waals surface area contributed by atoms with Gasteiger partial charge in [-0.2, -0.15) is 0 Å². The lowest BCUT2D eigenvalue weighted by Crippen LogP contribution is -2.09. The van der Waals surface area contributed by atoms with E-state index in [0.717, 1.165) is 17.1 Å². The highest BCUT2D eigenvalue weighted by atomic mass is 16.7. The van der Waals surface area contributed by atoms with Gasteiger partial charge in [-0.1, -0.05) is 6.07 Å². The first-order valence-corrected chi connectivity index (χ1v) is 8.58. The first kappa shape index (κ1) is 15.9. The average molecular weight is 367 g/mol. The van der Waals surface area contributed by atoms with E-state index in [1.54, 1.807) is 6.33 Å². The summed E-state index contributed by atoms with van der Waals surface area (Å²) >= 11 is 0. The summed E-state index contributed by atoms with van der Waals surface area (Å²) in [5.74, 6) is 2.72. The SMILES string of the molecule is OCC1=CC[C@H](n2cnc3c(NCc4ccc5c(c4)OCO5)ncnc32)O1. The highest BCUT2D eigenvalue weighted by Gasteiger charge is 2.22. The fraction of sp³-hybridized carbons (Fsp3) is 0.278. The van der Waals surface area contributed by atoms with Crippen LogP contribution in [0.25, 0.3) is 11.2 Å². The zero-order chi connectivity index (χ0) is 18.2. The Balaban J connectivity index is 1.37. The highest BCUT2D eigenvalue weighted by Crippen LogP contribution is 2.33. The maximum atomic E-state index is 9.20. The van der Waals surface area contributed by atoms with Gasteiger partial charge in [-0.15, -0.1) is 0 Å². The molecule has 2 N–H and O–H groups in total. The monoisotopic (exact) mass is 367 g/mol. The Morgan fingerprint density at radius 1 is 1.19 bits per heavy atom. The zero-order valence-corrected chi connectivity index (χ0v) is 14.3. The fourth-order valence-electron chi connectivity index (χ4n) is 3.20. The predicted molar refractivity (Wildman–Crippen MR) is 95.1 cm³/mol. The van der Waals surface area contributed by atoms with Crippen molar-refractivity contribution in [3.8, 4) is 11.5 Å². The van der Waals surface area contributed by atoms with E-state index in [4.69, 9.17) is 14.2 Å². The molecule has 2 aromatic heterocycles. The van der Waals surface area contributed by atoms with E-state index >= 15 is 0 Å². The number of ether oxygens (including phenoxy) is 3. The van der Waals surface area contributed by atoms with E-state index in [-0.39, 0.29) is 19.6 Å².